The number of carbonyl (C=O) groups is 1. The Bertz CT molecular complexity index is 1670. The number of para-hydroxylation sites is 1. The number of benzene rings is 2. The molecular weight excluding hydrogens is 502 g/mol. The molecule has 0 bridgehead atoms. The SMILES string of the molecule is Cc1ccc(C(=O)N(CCCN)C(CC(C)C)c2nc3c(oc4ccccc43)c(=O)n2Cc2ccccc2)cn1. The minimum Gasteiger partial charge on any atom is -0.448 e. The third-order valence-corrected chi connectivity index (χ3v) is 7.09. The highest BCUT2D eigenvalue weighted by atomic mass is 16.3. The molecule has 3 aromatic heterocycles. The third-order valence-electron chi connectivity index (χ3n) is 7.09. The van der Waals surface area contributed by atoms with Gasteiger partial charge in [-0.1, -0.05) is 56.3 Å². The standard InChI is InChI=1S/C32H35N5O3/c1-21(2)18-26(36(17-9-16-33)31(38)24-15-14-22(3)34-19-24)30-35-28-25-12-7-8-13-27(25)40-29(28)32(39)37(30)20-23-10-5-4-6-11-23/h4-8,10-15,19,21,26H,9,16-18,20,33H2,1-3H3. The van der Waals surface area contributed by atoms with Crippen LogP contribution in [0, 0.1) is 12.8 Å². The third kappa shape index (κ3) is 5.53. The monoisotopic (exact) mass is 537 g/mol. The molecule has 2 N–H and O–H groups in total. The molecule has 2 aromatic carbocycles. The van der Waals surface area contributed by atoms with Gasteiger partial charge < -0.3 is 15.1 Å². The molecule has 3 heterocycles. The molecule has 8 heteroatoms. The average Bonchev–Trinajstić information content (AvgIpc) is 3.33. The molecule has 1 unspecified atom stereocenters. The number of fused-ring (bicyclic) bond motifs is 3. The number of nitrogens with two attached hydrogens (primary N) is 1. The first kappa shape index (κ1) is 27.3. The molecule has 0 saturated heterocycles. The lowest BCUT2D eigenvalue weighted by Crippen LogP contribution is -2.41. The van der Waals surface area contributed by atoms with E-state index in [9.17, 15) is 9.59 Å². The van der Waals surface area contributed by atoms with E-state index in [0.29, 0.717) is 55.0 Å². The van der Waals surface area contributed by atoms with Gasteiger partial charge in [-0.05, 0) is 62.1 Å². The molecule has 5 rings (SSSR count). The number of rotatable bonds is 10. The molecule has 0 aliphatic carbocycles. The van der Waals surface area contributed by atoms with Crippen molar-refractivity contribution in [2.24, 2.45) is 11.7 Å². The van der Waals surface area contributed by atoms with Crippen molar-refractivity contribution in [2.75, 3.05) is 13.1 Å². The highest BCUT2D eigenvalue weighted by Gasteiger charge is 2.32. The van der Waals surface area contributed by atoms with E-state index in [4.69, 9.17) is 15.1 Å². The molecule has 1 atom stereocenters. The number of nitrogens with zero attached hydrogens (tertiary/aromatic N) is 4. The summed E-state index contributed by atoms with van der Waals surface area (Å²) in [5, 5.41) is 0.772. The summed E-state index contributed by atoms with van der Waals surface area (Å²) in [6.07, 6.45) is 2.83. The first-order valence-corrected chi connectivity index (χ1v) is 13.8. The van der Waals surface area contributed by atoms with E-state index in [1.165, 1.54) is 0 Å². The summed E-state index contributed by atoms with van der Waals surface area (Å²) in [7, 11) is 0. The minimum atomic E-state index is -0.477. The molecule has 206 valence electrons. The molecule has 1 amide bonds. The van der Waals surface area contributed by atoms with Gasteiger partial charge in [-0.15, -0.1) is 0 Å². The maximum absolute atomic E-state index is 14.1. The van der Waals surface area contributed by atoms with Crippen molar-refractivity contribution in [2.45, 2.75) is 46.2 Å². The quantitative estimate of drug-likeness (QED) is 0.253. The van der Waals surface area contributed by atoms with Crippen molar-refractivity contribution < 1.29 is 9.21 Å². The summed E-state index contributed by atoms with van der Waals surface area (Å²) in [6.45, 7) is 7.26. The molecule has 0 saturated carbocycles. The number of pyridine rings is 1. The number of furan rings is 1. The Morgan fingerprint density at radius 1 is 1.05 bits per heavy atom. The van der Waals surface area contributed by atoms with Crippen LogP contribution < -0.4 is 11.3 Å². The summed E-state index contributed by atoms with van der Waals surface area (Å²) in [5.74, 6) is 0.587. The second-order valence-corrected chi connectivity index (χ2v) is 10.6. The number of hydrogen-bond donors (Lipinski definition) is 1. The lowest BCUT2D eigenvalue weighted by molar-refractivity contribution is 0.0636. The number of aryl methyl sites for hydroxylation is 1. The molecule has 40 heavy (non-hydrogen) atoms. The highest BCUT2D eigenvalue weighted by molar-refractivity contribution is 6.02. The van der Waals surface area contributed by atoms with Gasteiger partial charge >= 0.3 is 0 Å². The Morgan fingerprint density at radius 2 is 1.80 bits per heavy atom. The molecule has 0 aliphatic heterocycles. The van der Waals surface area contributed by atoms with Gasteiger partial charge in [0.2, 0.25) is 5.58 Å². The van der Waals surface area contributed by atoms with Crippen LogP contribution in [0.25, 0.3) is 22.1 Å². The first-order valence-electron chi connectivity index (χ1n) is 13.8. The minimum absolute atomic E-state index is 0.163. The highest BCUT2D eigenvalue weighted by Crippen LogP contribution is 2.32. The predicted octanol–water partition coefficient (Wildman–Crippen LogP) is 5.47. The summed E-state index contributed by atoms with van der Waals surface area (Å²) >= 11 is 0. The van der Waals surface area contributed by atoms with Gasteiger partial charge in [-0.2, -0.15) is 0 Å². The maximum atomic E-state index is 14.1. The Morgan fingerprint density at radius 3 is 2.50 bits per heavy atom. The molecule has 0 spiro atoms. The fourth-order valence-electron chi connectivity index (χ4n) is 5.10. The second kappa shape index (κ2) is 11.8. The van der Waals surface area contributed by atoms with Gasteiger partial charge in [0.15, 0.2) is 0 Å². The van der Waals surface area contributed by atoms with Crippen LogP contribution in [0.4, 0.5) is 0 Å². The van der Waals surface area contributed by atoms with Crippen molar-refractivity contribution in [3.8, 4) is 0 Å². The second-order valence-electron chi connectivity index (χ2n) is 10.6. The van der Waals surface area contributed by atoms with Crippen molar-refractivity contribution >= 4 is 28.0 Å². The van der Waals surface area contributed by atoms with Crippen LogP contribution in [0.1, 0.15) is 60.2 Å². The van der Waals surface area contributed by atoms with Crippen molar-refractivity contribution in [1.82, 2.24) is 19.4 Å². The Kier molecular flexibility index (Phi) is 8.07. The van der Waals surface area contributed by atoms with Crippen LogP contribution in [-0.2, 0) is 6.54 Å². The van der Waals surface area contributed by atoms with Gasteiger partial charge in [0.05, 0.1) is 18.2 Å². The van der Waals surface area contributed by atoms with E-state index in [1.54, 1.807) is 16.8 Å². The van der Waals surface area contributed by atoms with E-state index in [1.807, 2.05) is 72.5 Å². The summed E-state index contributed by atoms with van der Waals surface area (Å²) < 4.78 is 7.70. The van der Waals surface area contributed by atoms with E-state index >= 15 is 0 Å². The maximum Gasteiger partial charge on any atom is 0.297 e. The van der Waals surface area contributed by atoms with Crippen LogP contribution in [0.15, 0.2) is 82.1 Å². The molecule has 0 fully saturated rings. The summed E-state index contributed by atoms with van der Waals surface area (Å²) in [6, 6.07) is 20.5. The topological polar surface area (TPSA) is 107 Å². The molecule has 8 nitrogen and oxygen atoms in total. The largest absolute Gasteiger partial charge is 0.448 e. The smallest absolute Gasteiger partial charge is 0.297 e. The Balaban J connectivity index is 1.75. The summed E-state index contributed by atoms with van der Waals surface area (Å²) in [4.78, 5) is 39.5. The average molecular weight is 538 g/mol. The Labute approximate surface area is 233 Å². The van der Waals surface area contributed by atoms with Gasteiger partial charge in [0.25, 0.3) is 11.5 Å². The lowest BCUT2D eigenvalue weighted by Gasteiger charge is -2.34. The van der Waals surface area contributed by atoms with E-state index in [0.717, 1.165) is 16.6 Å². The Hall–Kier alpha value is -4.30. The molecule has 5 aromatic rings. The van der Waals surface area contributed by atoms with E-state index < -0.39 is 6.04 Å². The summed E-state index contributed by atoms with van der Waals surface area (Å²) in [5.41, 5.74) is 9.26. The number of hydrogen-bond acceptors (Lipinski definition) is 6. The van der Waals surface area contributed by atoms with Gasteiger partial charge in [-0.25, -0.2) is 4.98 Å². The van der Waals surface area contributed by atoms with Crippen LogP contribution in [0.2, 0.25) is 0 Å². The van der Waals surface area contributed by atoms with Crippen molar-refractivity contribution in [3.05, 3.63) is 106 Å². The van der Waals surface area contributed by atoms with Gasteiger partial charge in [0.1, 0.15) is 16.9 Å². The van der Waals surface area contributed by atoms with Gasteiger partial charge in [0, 0.05) is 23.8 Å². The van der Waals surface area contributed by atoms with Gasteiger partial charge in [-0.3, -0.25) is 19.1 Å². The van der Waals surface area contributed by atoms with Crippen LogP contribution in [-0.4, -0.2) is 38.4 Å². The molecule has 0 radical (unpaired) electrons. The van der Waals surface area contributed by atoms with Crippen LogP contribution in [0.5, 0.6) is 0 Å². The van der Waals surface area contributed by atoms with Crippen molar-refractivity contribution in [1.29, 1.82) is 0 Å². The molecule has 0 aliphatic rings. The fraction of sp³-hybridized carbons (Fsp3) is 0.312. The normalized spacial score (nSPS) is 12.3. The van der Waals surface area contributed by atoms with Crippen molar-refractivity contribution in [3.63, 3.8) is 0 Å². The fourth-order valence-corrected chi connectivity index (χ4v) is 5.10. The zero-order chi connectivity index (χ0) is 28.2. The number of carbonyl (C=O) groups excluding carboxylic acids is 1. The van der Waals surface area contributed by atoms with Crippen LogP contribution >= 0.6 is 0 Å². The van der Waals surface area contributed by atoms with E-state index in [-0.39, 0.29) is 23.0 Å². The van der Waals surface area contributed by atoms with Crippen LogP contribution in [0.3, 0.4) is 0 Å². The lowest BCUT2D eigenvalue weighted by atomic mass is 9.99. The first-order chi connectivity index (χ1) is 19.4. The predicted molar refractivity (Wildman–Crippen MR) is 157 cm³/mol. The number of aromatic nitrogens is 3. The number of amides is 1. The molecular formula is C32H35N5O3. The zero-order valence-electron chi connectivity index (χ0n) is 23.2. The zero-order valence-corrected chi connectivity index (χ0v) is 23.2. The van der Waals surface area contributed by atoms with E-state index in [2.05, 4.69) is 18.8 Å².